The molecule has 0 aromatic heterocycles. The van der Waals surface area contributed by atoms with E-state index >= 15 is 0 Å². The van der Waals surface area contributed by atoms with Crippen LogP contribution in [0.1, 0.15) is 25.0 Å². The Balaban J connectivity index is 2.75. The lowest BCUT2D eigenvalue weighted by Gasteiger charge is -2.20. The Kier molecular flexibility index (Phi) is 6.08. The molecule has 5 nitrogen and oxygen atoms in total. The Hall–Kier alpha value is -1.30. The van der Waals surface area contributed by atoms with Gasteiger partial charge in [0.05, 0.1) is 6.61 Å². The third-order valence-corrected chi connectivity index (χ3v) is 3.36. The van der Waals surface area contributed by atoms with Crippen LogP contribution in [0.4, 0.5) is 0 Å². The highest BCUT2D eigenvalue weighted by Crippen LogP contribution is 2.18. The van der Waals surface area contributed by atoms with Crippen molar-refractivity contribution in [2.75, 3.05) is 6.61 Å². The molecule has 0 saturated heterocycles. The summed E-state index contributed by atoms with van der Waals surface area (Å²) in [5.41, 5.74) is 6.96. The van der Waals surface area contributed by atoms with E-state index < -0.39 is 0 Å². The predicted octanol–water partition coefficient (Wildman–Crippen LogP) is 1.54. The van der Waals surface area contributed by atoms with E-state index in [1.165, 1.54) is 0 Å². The molecule has 0 aliphatic heterocycles. The van der Waals surface area contributed by atoms with Crippen molar-refractivity contribution >= 4 is 17.4 Å². The quantitative estimate of drug-likeness (QED) is 0.276. The molecule has 0 radical (unpaired) electrons. The molecule has 0 spiro atoms. The minimum atomic E-state index is 0.0248. The van der Waals surface area contributed by atoms with E-state index in [4.69, 9.17) is 22.5 Å². The normalized spacial score (nSPS) is 13.8. The minimum Gasteiger partial charge on any atom is -0.409 e. The molecule has 1 unspecified atom stereocenters. The van der Waals surface area contributed by atoms with Crippen LogP contribution in [0.2, 0.25) is 5.02 Å². The Morgan fingerprint density at radius 3 is 2.63 bits per heavy atom. The summed E-state index contributed by atoms with van der Waals surface area (Å²) in [5, 5.41) is 24.5. The predicted molar refractivity (Wildman–Crippen MR) is 76.5 cm³/mol. The van der Waals surface area contributed by atoms with Crippen molar-refractivity contribution in [3.8, 4) is 0 Å². The van der Waals surface area contributed by atoms with Crippen molar-refractivity contribution in [1.82, 2.24) is 5.32 Å². The van der Waals surface area contributed by atoms with Crippen LogP contribution < -0.4 is 11.1 Å². The number of rotatable bonds is 6. The van der Waals surface area contributed by atoms with Gasteiger partial charge in [-0.1, -0.05) is 42.7 Å². The molecule has 0 heterocycles. The number of aliphatic hydroxyl groups excluding tert-OH is 1. The van der Waals surface area contributed by atoms with Crippen LogP contribution in [0, 0.1) is 5.92 Å². The summed E-state index contributed by atoms with van der Waals surface area (Å²) in [7, 11) is 0. The molecule has 0 bridgehead atoms. The van der Waals surface area contributed by atoms with E-state index in [2.05, 4.69) is 10.5 Å². The highest BCUT2D eigenvalue weighted by Gasteiger charge is 2.12. The summed E-state index contributed by atoms with van der Waals surface area (Å²) in [6.07, 6.45) is 0. The standard InChI is InChI=1S/C13H20ClN3O2/c1-8(2)12(7-18)16-6-10-4-3-9(5-11(10)14)13(15)17-19/h3-5,8,12,16,18-19H,6-7H2,1-2H3,(H2,15,17). The van der Waals surface area contributed by atoms with Gasteiger partial charge < -0.3 is 21.4 Å². The van der Waals surface area contributed by atoms with Crippen molar-refractivity contribution in [1.29, 1.82) is 0 Å². The first-order chi connectivity index (χ1) is 8.99. The summed E-state index contributed by atoms with van der Waals surface area (Å²) in [6, 6.07) is 5.23. The van der Waals surface area contributed by atoms with Gasteiger partial charge in [-0.2, -0.15) is 0 Å². The second kappa shape index (κ2) is 7.33. The van der Waals surface area contributed by atoms with Gasteiger partial charge in [0.15, 0.2) is 5.84 Å². The summed E-state index contributed by atoms with van der Waals surface area (Å²) >= 11 is 6.14. The first-order valence-electron chi connectivity index (χ1n) is 6.10. The van der Waals surface area contributed by atoms with Crippen LogP contribution >= 0.6 is 11.6 Å². The van der Waals surface area contributed by atoms with Gasteiger partial charge in [-0.25, -0.2) is 0 Å². The van der Waals surface area contributed by atoms with Crippen molar-refractivity contribution in [2.24, 2.45) is 16.8 Å². The fraction of sp³-hybridized carbons (Fsp3) is 0.462. The lowest BCUT2D eigenvalue weighted by Crippen LogP contribution is -2.36. The molecular formula is C13H20ClN3O2. The number of nitrogens with two attached hydrogens (primary N) is 1. The molecule has 0 aliphatic carbocycles. The van der Waals surface area contributed by atoms with Crippen LogP contribution in [0.25, 0.3) is 0 Å². The molecule has 1 atom stereocenters. The minimum absolute atomic E-state index is 0.0248. The number of hydrogen-bond donors (Lipinski definition) is 4. The summed E-state index contributed by atoms with van der Waals surface area (Å²) in [5.74, 6) is 0.358. The Morgan fingerprint density at radius 2 is 2.16 bits per heavy atom. The van der Waals surface area contributed by atoms with Gasteiger partial charge in [-0.15, -0.1) is 0 Å². The molecule has 1 rings (SSSR count). The Morgan fingerprint density at radius 1 is 1.47 bits per heavy atom. The van der Waals surface area contributed by atoms with Gasteiger partial charge in [0.2, 0.25) is 0 Å². The van der Waals surface area contributed by atoms with Crippen LogP contribution in [-0.4, -0.2) is 28.8 Å². The number of hydrogen-bond acceptors (Lipinski definition) is 4. The monoisotopic (exact) mass is 285 g/mol. The van der Waals surface area contributed by atoms with Gasteiger partial charge >= 0.3 is 0 Å². The maximum absolute atomic E-state index is 9.24. The van der Waals surface area contributed by atoms with Crippen molar-refractivity contribution in [2.45, 2.75) is 26.4 Å². The number of oxime groups is 1. The second-order valence-electron chi connectivity index (χ2n) is 4.71. The van der Waals surface area contributed by atoms with Gasteiger partial charge in [-0.3, -0.25) is 0 Å². The Bertz CT molecular complexity index is 450. The molecule has 6 heteroatoms. The number of benzene rings is 1. The van der Waals surface area contributed by atoms with Crippen LogP contribution in [0.3, 0.4) is 0 Å². The lowest BCUT2D eigenvalue weighted by atomic mass is 10.0. The van der Waals surface area contributed by atoms with E-state index in [0.717, 1.165) is 5.56 Å². The SMILES string of the molecule is CC(C)C(CO)NCc1ccc(/C(N)=N/O)cc1Cl. The first kappa shape index (κ1) is 15.8. The molecule has 0 saturated carbocycles. The van der Waals surface area contributed by atoms with Gasteiger partial charge in [0.25, 0.3) is 0 Å². The first-order valence-corrected chi connectivity index (χ1v) is 6.48. The average Bonchev–Trinajstić information content (AvgIpc) is 2.39. The fourth-order valence-corrected chi connectivity index (χ4v) is 1.91. The third-order valence-electron chi connectivity index (χ3n) is 3.01. The second-order valence-corrected chi connectivity index (χ2v) is 5.11. The zero-order valence-corrected chi connectivity index (χ0v) is 11.9. The van der Waals surface area contributed by atoms with Gasteiger partial charge in [0.1, 0.15) is 0 Å². The van der Waals surface area contributed by atoms with E-state index in [9.17, 15) is 5.11 Å². The van der Waals surface area contributed by atoms with E-state index in [1.807, 2.05) is 19.9 Å². The molecular weight excluding hydrogens is 266 g/mol. The van der Waals surface area contributed by atoms with E-state index in [0.29, 0.717) is 23.0 Å². The maximum Gasteiger partial charge on any atom is 0.170 e. The molecule has 1 aromatic rings. The molecule has 5 N–H and O–H groups in total. The zero-order chi connectivity index (χ0) is 14.4. The molecule has 19 heavy (non-hydrogen) atoms. The highest BCUT2D eigenvalue weighted by molar-refractivity contribution is 6.31. The number of nitrogens with one attached hydrogen (secondary N) is 1. The number of halogens is 1. The summed E-state index contributed by atoms with van der Waals surface area (Å²) in [6.45, 7) is 4.71. The van der Waals surface area contributed by atoms with Crippen molar-refractivity contribution < 1.29 is 10.3 Å². The largest absolute Gasteiger partial charge is 0.409 e. The van der Waals surface area contributed by atoms with Crippen LogP contribution in [0.5, 0.6) is 0 Å². The summed E-state index contributed by atoms with van der Waals surface area (Å²) in [4.78, 5) is 0. The topological polar surface area (TPSA) is 90.9 Å². The van der Waals surface area contributed by atoms with Gasteiger partial charge in [0, 0.05) is 23.2 Å². The molecule has 106 valence electrons. The molecule has 0 amide bonds. The molecule has 0 aliphatic rings. The van der Waals surface area contributed by atoms with Crippen molar-refractivity contribution in [3.63, 3.8) is 0 Å². The zero-order valence-electron chi connectivity index (χ0n) is 11.1. The maximum atomic E-state index is 9.24. The number of nitrogens with zero attached hydrogens (tertiary/aromatic N) is 1. The molecule has 1 aromatic carbocycles. The lowest BCUT2D eigenvalue weighted by molar-refractivity contribution is 0.210. The highest BCUT2D eigenvalue weighted by atomic mass is 35.5. The number of aliphatic hydroxyl groups is 1. The van der Waals surface area contributed by atoms with Gasteiger partial charge in [-0.05, 0) is 17.5 Å². The van der Waals surface area contributed by atoms with E-state index in [-0.39, 0.29) is 18.5 Å². The molecule has 0 fully saturated rings. The van der Waals surface area contributed by atoms with E-state index in [1.54, 1.807) is 12.1 Å². The smallest absolute Gasteiger partial charge is 0.170 e. The number of amidine groups is 1. The third kappa shape index (κ3) is 4.38. The average molecular weight is 286 g/mol. The van der Waals surface area contributed by atoms with Crippen molar-refractivity contribution in [3.05, 3.63) is 34.3 Å². The fourth-order valence-electron chi connectivity index (χ4n) is 1.66. The Labute approximate surface area is 118 Å². The van der Waals surface area contributed by atoms with Crippen LogP contribution in [-0.2, 0) is 6.54 Å². The summed E-state index contributed by atoms with van der Waals surface area (Å²) < 4.78 is 0. The van der Waals surface area contributed by atoms with Crippen LogP contribution in [0.15, 0.2) is 23.4 Å².